The summed E-state index contributed by atoms with van der Waals surface area (Å²) in [4.78, 5) is 0. The molecule has 13 aromatic rings. The van der Waals surface area contributed by atoms with Crippen LogP contribution in [-0.2, 0) is 0 Å². The molecule has 0 radical (unpaired) electrons. The molecule has 0 unspecified atom stereocenters. The first-order valence-corrected chi connectivity index (χ1v) is 21.7. The summed E-state index contributed by atoms with van der Waals surface area (Å²) in [5.41, 5.74) is 17.8. The number of hydrogen-bond donors (Lipinski definition) is 0. The fourth-order valence-electron chi connectivity index (χ4n) is 10.3. The van der Waals surface area contributed by atoms with Gasteiger partial charge in [-0.15, -0.1) is 0 Å². The largest absolute Gasteiger partial charge is 0.309 e. The molecule has 0 aliphatic carbocycles. The highest BCUT2D eigenvalue weighted by Gasteiger charge is 2.21. The van der Waals surface area contributed by atoms with Crippen LogP contribution in [0, 0.1) is 0 Å². The van der Waals surface area contributed by atoms with Crippen molar-refractivity contribution in [3.05, 3.63) is 237 Å². The number of para-hydroxylation sites is 5. The van der Waals surface area contributed by atoms with Crippen LogP contribution >= 0.6 is 0 Å². The molecule has 0 aliphatic rings. The van der Waals surface area contributed by atoms with Gasteiger partial charge in [-0.2, -0.15) is 0 Å². The molecule has 294 valence electrons. The SMILES string of the molecule is c1ccc(-c2ccc3c(c2)c2cc(-c4ccc5c(c4)c4ccccc4n5-c4ccccc4)ccc2n3-c2ccccc2-c2cccc3c2c2ccccc2n3-c2ccccc2)cc1. The van der Waals surface area contributed by atoms with E-state index in [1.807, 2.05) is 0 Å². The van der Waals surface area contributed by atoms with E-state index in [0.717, 1.165) is 11.4 Å². The number of rotatable bonds is 6. The second-order valence-corrected chi connectivity index (χ2v) is 16.5. The van der Waals surface area contributed by atoms with E-state index in [-0.39, 0.29) is 0 Å². The molecule has 0 amide bonds. The normalized spacial score (nSPS) is 11.8. The van der Waals surface area contributed by atoms with E-state index in [1.54, 1.807) is 0 Å². The summed E-state index contributed by atoms with van der Waals surface area (Å²) >= 11 is 0. The van der Waals surface area contributed by atoms with Gasteiger partial charge in [-0.05, 0) is 113 Å². The maximum atomic E-state index is 2.49. The molecule has 0 fully saturated rings. The summed E-state index contributed by atoms with van der Waals surface area (Å²) in [6, 6.07) is 86.5. The van der Waals surface area contributed by atoms with Crippen molar-refractivity contribution in [2.45, 2.75) is 0 Å². The van der Waals surface area contributed by atoms with Crippen molar-refractivity contribution < 1.29 is 0 Å². The van der Waals surface area contributed by atoms with Crippen molar-refractivity contribution in [1.82, 2.24) is 13.7 Å². The van der Waals surface area contributed by atoms with Crippen molar-refractivity contribution >= 4 is 65.4 Å². The van der Waals surface area contributed by atoms with E-state index in [0.29, 0.717) is 0 Å². The van der Waals surface area contributed by atoms with Crippen LogP contribution in [0.3, 0.4) is 0 Å². The number of fused-ring (bicyclic) bond motifs is 9. The summed E-state index contributed by atoms with van der Waals surface area (Å²) < 4.78 is 7.28. The molecule has 0 saturated heterocycles. The predicted molar refractivity (Wildman–Crippen MR) is 266 cm³/mol. The van der Waals surface area contributed by atoms with Crippen molar-refractivity contribution in [1.29, 1.82) is 0 Å². The van der Waals surface area contributed by atoms with Crippen molar-refractivity contribution in [2.24, 2.45) is 0 Å². The Balaban J connectivity index is 1.05. The molecule has 0 aliphatic heterocycles. The van der Waals surface area contributed by atoms with Crippen molar-refractivity contribution in [3.8, 4) is 50.4 Å². The van der Waals surface area contributed by atoms with Gasteiger partial charge >= 0.3 is 0 Å². The number of nitrogens with zero attached hydrogens (tertiary/aromatic N) is 3. The Morgan fingerprint density at radius 1 is 0.222 bits per heavy atom. The van der Waals surface area contributed by atoms with Crippen LogP contribution in [0.15, 0.2) is 237 Å². The van der Waals surface area contributed by atoms with Crippen LogP contribution in [-0.4, -0.2) is 13.7 Å². The molecule has 0 atom stereocenters. The van der Waals surface area contributed by atoms with E-state index in [2.05, 4.69) is 250 Å². The first-order valence-electron chi connectivity index (χ1n) is 21.7. The van der Waals surface area contributed by atoms with E-state index in [4.69, 9.17) is 0 Å². The number of benzene rings is 10. The minimum atomic E-state index is 1.15. The molecule has 3 heterocycles. The third-order valence-electron chi connectivity index (χ3n) is 13.0. The average Bonchev–Trinajstić information content (AvgIpc) is 4.00. The van der Waals surface area contributed by atoms with Crippen molar-refractivity contribution in [2.75, 3.05) is 0 Å². The summed E-state index contributed by atoms with van der Waals surface area (Å²) in [6.45, 7) is 0. The minimum Gasteiger partial charge on any atom is -0.309 e. The van der Waals surface area contributed by atoms with Crippen LogP contribution in [0.1, 0.15) is 0 Å². The second-order valence-electron chi connectivity index (χ2n) is 16.5. The predicted octanol–water partition coefficient (Wildman–Crippen LogP) is 16.0. The van der Waals surface area contributed by atoms with Crippen molar-refractivity contribution in [3.63, 3.8) is 0 Å². The Labute approximate surface area is 364 Å². The van der Waals surface area contributed by atoms with Crippen LogP contribution in [0.25, 0.3) is 116 Å². The lowest BCUT2D eigenvalue weighted by atomic mass is 9.97. The van der Waals surface area contributed by atoms with Gasteiger partial charge in [0.15, 0.2) is 0 Å². The Kier molecular flexibility index (Phi) is 7.91. The van der Waals surface area contributed by atoms with Gasteiger partial charge in [-0.3, -0.25) is 0 Å². The van der Waals surface area contributed by atoms with Gasteiger partial charge in [0.1, 0.15) is 0 Å². The lowest BCUT2D eigenvalue weighted by Gasteiger charge is -2.16. The van der Waals surface area contributed by atoms with E-state index < -0.39 is 0 Å². The van der Waals surface area contributed by atoms with Crippen LogP contribution in [0.2, 0.25) is 0 Å². The number of hydrogen-bond acceptors (Lipinski definition) is 0. The minimum absolute atomic E-state index is 1.15. The van der Waals surface area contributed by atoms with Gasteiger partial charge in [0.2, 0.25) is 0 Å². The van der Waals surface area contributed by atoms with E-state index in [1.165, 1.54) is 104 Å². The van der Waals surface area contributed by atoms with Crippen LogP contribution in [0.5, 0.6) is 0 Å². The molecule has 13 rings (SSSR count). The summed E-state index contributed by atoms with van der Waals surface area (Å²) in [5.74, 6) is 0. The average molecular weight is 802 g/mol. The van der Waals surface area contributed by atoms with Gasteiger partial charge < -0.3 is 13.7 Å². The Bertz CT molecular complexity index is 3890. The summed E-state index contributed by atoms with van der Waals surface area (Å²) in [6.07, 6.45) is 0. The molecule has 0 N–H and O–H groups in total. The topological polar surface area (TPSA) is 14.8 Å². The molecule has 0 bridgehead atoms. The van der Waals surface area contributed by atoms with Crippen LogP contribution < -0.4 is 0 Å². The second kappa shape index (κ2) is 14.1. The molecule has 3 nitrogen and oxygen atoms in total. The molecule has 0 spiro atoms. The fraction of sp³-hybridized carbons (Fsp3) is 0. The summed E-state index contributed by atoms with van der Waals surface area (Å²) in [5, 5.41) is 7.44. The molecule has 3 aromatic heterocycles. The Morgan fingerprint density at radius 3 is 1.27 bits per heavy atom. The molecule has 63 heavy (non-hydrogen) atoms. The monoisotopic (exact) mass is 801 g/mol. The Hall–Kier alpha value is -8.40. The highest BCUT2D eigenvalue weighted by molar-refractivity contribution is 6.18. The maximum Gasteiger partial charge on any atom is 0.0547 e. The zero-order valence-corrected chi connectivity index (χ0v) is 34.4. The maximum absolute atomic E-state index is 2.49. The van der Waals surface area contributed by atoms with Gasteiger partial charge in [-0.25, -0.2) is 0 Å². The van der Waals surface area contributed by atoms with Crippen LogP contribution in [0.4, 0.5) is 0 Å². The first kappa shape index (κ1) is 35.4. The number of aromatic nitrogens is 3. The standard InChI is InChI=1S/C60H39N3/c1-4-17-40(18-5-1)41-31-35-57-51(37-41)52-39-43(42-32-34-56-50(38-42)47-24-11-13-27-53(47)61(56)44-19-6-2-7-20-44)33-36-58(52)63(57)54-28-14-10-23-46(54)48-26-16-30-59-60(48)49-25-12-15-29-55(49)62(59)45-21-8-3-9-22-45/h1-39H. The molecular weight excluding hydrogens is 763 g/mol. The lowest BCUT2D eigenvalue weighted by Crippen LogP contribution is -1.98. The highest BCUT2D eigenvalue weighted by atomic mass is 15.0. The quantitative estimate of drug-likeness (QED) is 0.159. The van der Waals surface area contributed by atoms with E-state index in [9.17, 15) is 0 Å². The molecule has 10 aromatic carbocycles. The van der Waals surface area contributed by atoms with Gasteiger partial charge in [0, 0.05) is 49.3 Å². The summed E-state index contributed by atoms with van der Waals surface area (Å²) in [7, 11) is 0. The fourth-order valence-corrected chi connectivity index (χ4v) is 10.3. The zero-order valence-electron chi connectivity index (χ0n) is 34.4. The molecule has 3 heteroatoms. The molecular formula is C60H39N3. The van der Waals surface area contributed by atoms with E-state index >= 15 is 0 Å². The Morgan fingerprint density at radius 2 is 0.635 bits per heavy atom. The third-order valence-corrected chi connectivity index (χ3v) is 13.0. The zero-order chi connectivity index (χ0) is 41.4. The molecule has 0 saturated carbocycles. The lowest BCUT2D eigenvalue weighted by molar-refractivity contribution is 1.18. The third kappa shape index (κ3) is 5.46. The van der Waals surface area contributed by atoms with Gasteiger partial charge in [0.05, 0.1) is 38.8 Å². The highest BCUT2D eigenvalue weighted by Crippen LogP contribution is 2.44. The smallest absolute Gasteiger partial charge is 0.0547 e. The first-order chi connectivity index (χ1) is 31.3. The van der Waals surface area contributed by atoms with Gasteiger partial charge in [0.25, 0.3) is 0 Å². The van der Waals surface area contributed by atoms with Gasteiger partial charge in [-0.1, -0.05) is 152 Å².